The highest BCUT2D eigenvalue weighted by molar-refractivity contribution is 9.10. The summed E-state index contributed by atoms with van der Waals surface area (Å²) >= 11 is 3.41. The van der Waals surface area contributed by atoms with Crippen LogP contribution in [0.25, 0.3) is 21.7 Å². The minimum Gasteiger partial charge on any atom is -0.357 e. The molecule has 2 heterocycles. The molecule has 0 aliphatic rings. The standard InChI is InChI=1S/C24H17BrFN3O5S2/c25-17-6-4-16-10-18(28-23(16)11-17)14-29(19-7-5-15-8-9-27-24(30)22(15)12-19)36(33,34)21-3-1-2-20(13-21)35(26,31)32/h1-13,28H,14H2,(H,27,30). The average Bonchev–Trinajstić information content (AvgIpc) is 3.24. The summed E-state index contributed by atoms with van der Waals surface area (Å²) in [5.74, 6) is 0. The Morgan fingerprint density at radius 1 is 0.861 bits per heavy atom. The summed E-state index contributed by atoms with van der Waals surface area (Å²) < 4.78 is 66.0. The first kappa shape index (κ1) is 24.2. The van der Waals surface area contributed by atoms with Gasteiger partial charge in [0.05, 0.1) is 22.0 Å². The van der Waals surface area contributed by atoms with Gasteiger partial charge in [0.1, 0.15) is 0 Å². The molecule has 36 heavy (non-hydrogen) atoms. The number of nitrogens with zero attached hydrogens (tertiary/aromatic N) is 1. The quantitative estimate of drug-likeness (QED) is 0.275. The van der Waals surface area contributed by atoms with Crippen molar-refractivity contribution in [3.63, 3.8) is 0 Å². The van der Waals surface area contributed by atoms with Crippen LogP contribution < -0.4 is 9.86 Å². The number of H-pyrrole nitrogens is 2. The number of nitrogens with one attached hydrogen (secondary N) is 2. The van der Waals surface area contributed by atoms with Crippen LogP contribution in [0.4, 0.5) is 9.57 Å². The van der Waals surface area contributed by atoms with Crippen LogP contribution in [0, 0.1) is 0 Å². The number of aromatic nitrogens is 2. The highest BCUT2D eigenvalue weighted by Crippen LogP contribution is 2.30. The van der Waals surface area contributed by atoms with Crippen molar-refractivity contribution in [1.29, 1.82) is 0 Å². The number of benzene rings is 3. The largest absolute Gasteiger partial charge is 0.357 e. The molecule has 0 aliphatic heterocycles. The third-order valence-electron chi connectivity index (χ3n) is 5.68. The van der Waals surface area contributed by atoms with Gasteiger partial charge in [-0.3, -0.25) is 9.10 Å². The molecule has 12 heteroatoms. The number of anilines is 1. The lowest BCUT2D eigenvalue weighted by Gasteiger charge is -2.24. The van der Waals surface area contributed by atoms with Crippen molar-refractivity contribution in [3.05, 3.63) is 99.5 Å². The fraction of sp³-hybridized carbons (Fsp3) is 0.0417. The molecule has 0 fully saturated rings. The van der Waals surface area contributed by atoms with Crippen LogP contribution in [0.5, 0.6) is 0 Å². The van der Waals surface area contributed by atoms with Gasteiger partial charge in [-0.1, -0.05) is 34.1 Å². The average molecular weight is 590 g/mol. The number of hydrogen-bond donors (Lipinski definition) is 2. The van der Waals surface area contributed by atoms with Gasteiger partial charge in [-0.15, -0.1) is 3.89 Å². The Morgan fingerprint density at radius 3 is 2.39 bits per heavy atom. The number of fused-ring (bicyclic) bond motifs is 2. The molecule has 8 nitrogen and oxygen atoms in total. The number of rotatable bonds is 6. The Balaban J connectivity index is 1.68. The normalized spacial score (nSPS) is 12.3. The molecule has 0 spiro atoms. The Kier molecular flexibility index (Phi) is 5.97. The summed E-state index contributed by atoms with van der Waals surface area (Å²) in [6, 6.07) is 17.8. The zero-order valence-corrected chi connectivity index (χ0v) is 21.5. The molecule has 5 rings (SSSR count). The summed E-state index contributed by atoms with van der Waals surface area (Å²) in [6.45, 7) is -0.169. The van der Waals surface area contributed by atoms with Gasteiger partial charge >= 0.3 is 10.2 Å². The van der Waals surface area contributed by atoms with E-state index in [2.05, 4.69) is 25.9 Å². The molecule has 3 aromatic carbocycles. The van der Waals surface area contributed by atoms with Gasteiger partial charge in [0, 0.05) is 27.3 Å². The van der Waals surface area contributed by atoms with Crippen molar-refractivity contribution in [2.75, 3.05) is 4.31 Å². The molecule has 0 amide bonds. The van der Waals surface area contributed by atoms with E-state index < -0.39 is 35.6 Å². The van der Waals surface area contributed by atoms with E-state index in [0.29, 0.717) is 11.1 Å². The second-order valence-corrected chi connectivity index (χ2v) is 12.2. The summed E-state index contributed by atoms with van der Waals surface area (Å²) in [4.78, 5) is 17.0. The molecule has 184 valence electrons. The van der Waals surface area contributed by atoms with E-state index in [0.717, 1.165) is 37.9 Å². The van der Waals surface area contributed by atoms with Gasteiger partial charge in [0.15, 0.2) is 0 Å². The lowest BCUT2D eigenvalue weighted by molar-refractivity contribution is 0.551. The van der Waals surface area contributed by atoms with Gasteiger partial charge in [-0.25, -0.2) is 8.42 Å². The number of pyridine rings is 1. The molecular formula is C24H17BrFN3O5S2. The minimum atomic E-state index is -5.13. The molecular weight excluding hydrogens is 573 g/mol. The highest BCUT2D eigenvalue weighted by Gasteiger charge is 2.28. The van der Waals surface area contributed by atoms with E-state index >= 15 is 0 Å². The second kappa shape index (κ2) is 8.87. The first-order valence-electron chi connectivity index (χ1n) is 10.5. The molecule has 0 aliphatic carbocycles. The zero-order valence-electron chi connectivity index (χ0n) is 18.3. The van der Waals surface area contributed by atoms with Crippen LogP contribution in [-0.2, 0) is 26.8 Å². The number of hydrogen-bond acceptors (Lipinski definition) is 5. The van der Waals surface area contributed by atoms with Gasteiger partial charge in [0.25, 0.3) is 15.6 Å². The van der Waals surface area contributed by atoms with Crippen LogP contribution in [-0.4, -0.2) is 26.8 Å². The molecule has 0 unspecified atom stereocenters. The van der Waals surface area contributed by atoms with Crippen molar-refractivity contribution < 1.29 is 20.7 Å². The van der Waals surface area contributed by atoms with Crippen LogP contribution in [0.1, 0.15) is 5.69 Å². The molecule has 2 N–H and O–H groups in total. The van der Waals surface area contributed by atoms with E-state index in [1.165, 1.54) is 18.3 Å². The first-order valence-corrected chi connectivity index (χ1v) is 14.1. The lowest BCUT2D eigenvalue weighted by Crippen LogP contribution is -2.31. The van der Waals surface area contributed by atoms with Crippen LogP contribution >= 0.6 is 15.9 Å². The van der Waals surface area contributed by atoms with Crippen LogP contribution in [0.2, 0.25) is 0 Å². The summed E-state index contributed by atoms with van der Waals surface area (Å²) in [5, 5.41) is 1.74. The maximum atomic E-state index is 13.8. The molecule has 0 bridgehead atoms. The summed E-state index contributed by atoms with van der Waals surface area (Å²) in [7, 11) is -9.53. The van der Waals surface area contributed by atoms with Gasteiger partial charge in [0.2, 0.25) is 0 Å². The molecule has 0 radical (unpaired) electrons. The third kappa shape index (κ3) is 4.54. The van der Waals surface area contributed by atoms with Crippen molar-refractivity contribution in [2.45, 2.75) is 16.3 Å². The maximum absolute atomic E-state index is 13.8. The lowest BCUT2D eigenvalue weighted by atomic mass is 10.1. The van der Waals surface area contributed by atoms with E-state index in [9.17, 15) is 25.5 Å². The number of sulfonamides is 1. The number of halogens is 2. The summed E-state index contributed by atoms with van der Waals surface area (Å²) in [5.41, 5.74) is 1.10. The Hall–Kier alpha value is -3.48. The fourth-order valence-corrected chi connectivity index (χ4v) is 6.38. The molecule has 0 atom stereocenters. The van der Waals surface area contributed by atoms with Crippen LogP contribution in [0.15, 0.2) is 98.1 Å². The predicted molar refractivity (Wildman–Crippen MR) is 139 cm³/mol. The molecule has 0 saturated heterocycles. The molecule has 5 aromatic rings. The van der Waals surface area contributed by atoms with Crippen molar-refractivity contribution in [1.82, 2.24) is 9.97 Å². The SMILES string of the molecule is O=c1[nH]ccc2ccc(N(Cc3cc4ccc(Br)cc4[nH]3)S(=O)(=O)c3cccc(S(=O)(=O)F)c3)cc12. The van der Waals surface area contributed by atoms with Crippen molar-refractivity contribution in [3.8, 4) is 0 Å². The van der Waals surface area contributed by atoms with Crippen molar-refractivity contribution >= 4 is 63.5 Å². The van der Waals surface area contributed by atoms with Gasteiger partial charge < -0.3 is 9.97 Å². The maximum Gasteiger partial charge on any atom is 0.332 e. The molecule has 2 aromatic heterocycles. The fourth-order valence-electron chi connectivity index (χ4n) is 3.95. The Bertz CT molecular complexity index is 1920. The Morgan fingerprint density at radius 2 is 1.61 bits per heavy atom. The van der Waals surface area contributed by atoms with Gasteiger partial charge in [-0.05, 0) is 65.4 Å². The Labute approximate surface area is 213 Å². The minimum absolute atomic E-state index is 0.169. The van der Waals surface area contributed by atoms with Gasteiger partial charge in [-0.2, -0.15) is 8.42 Å². The summed E-state index contributed by atoms with van der Waals surface area (Å²) in [6.07, 6.45) is 1.49. The topological polar surface area (TPSA) is 120 Å². The first-order chi connectivity index (χ1) is 17.0. The third-order valence-corrected chi connectivity index (χ3v) is 8.76. The van der Waals surface area contributed by atoms with E-state index in [-0.39, 0.29) is 17.6 Å². The number of aromatic amines is 2. The monoisotopic (exact) mass is 589 g/mol. The highest BCUT2D eigenvalue weighted by atomic mass is 79.9. The zero-order chi connectivity index (χ0) is 25.7. The second-order valence-electron chi connectivity index (χ2n) is 8.03. The van der Waals surface area contributed by atoms with E-state index in [1.807, 2.05) is 18.2 Å². The predicted octanol–water partition coefficient (Wildman–Crippen LogP) is 4.83. The van der Waals surface area contributed by atoms with E-state index in [1.54, 1.807) is 24.3 Å². The van der Waals surface area contributed by atoms with Crippen molar-refractivity contribution in [2.24, 2.45) is 0 Å². The molecule has 0 saturated carbocycles. The smallest absolute Gasteiger partial charge is 0.332 e. The van der Waals surface area contributed by atoms with E-state index in [4.69, 9.17) is 0 Å². The van der Waals surface area contributed by atoms with Crippen LogP contribution in [0.3, 0.4) is 0 Å².